The maximum atomic E-state index is 14.9. The van der Waals surface area contributed by atoms with Gasteiger partial charge in [-0.3, -0.25) is 14.0 Å². The van der Waals surface area contributed by atoms with E-state index in [-0.39, 0.29) is 35.3 Å². The fourth-order valence-electron chi connectivity index (χ4n) is 2.38. The molecule has 0 aliphatic carbocycles. The lowest BCUT2D eigenvalue weighted by atomic mass is 10.2. The van der Waals surface area contributed by atoms with Gasteiger partial charge in [-0.25, -0.2) is 19.2 Å². The molecule has 142 valence electrons. The van der Waals surface area contributed by atoms with Gasteiger partial charge in [0.1, 0.15) is 29.0 Å². The van der Waals surface area contributed by atoms with Crippen LogP contribution < -0.4 is 10.8 Å². The Morgan fingerprint density at radius 2 is 2.19 bits per heavy atom. The van der Waals surface area contributed by atoms with Crippen LogP contribution in [0, 0.1) is 15.2 Å². The number of carbonyl (C=O) groups excluding carboxylic acids is 1. The first kappa shape index (κ1) is 19.7. The van der Waals surface area contributed by atoms with Crippen LogP contribution in [0.5, 0.6) is 0 Å². The molecule has 0 aliphatic rings. The van der Waals surface area contributed by atoms with Crippen molar-refractivity contribution in [2.24, 2.45) is 0 Å². The maximum absolute atomic E-state index is 14.9. The lowest BCUT2D eigenvalue weighted by Crippen LogP contribution is -2.26. The largest absolute Gasteiger partial charge is 0.394 e. The minimum atomic E-state index is -0.936. The summed E-state index contributed by atoms with van der Waals surface area (Å²) in [7, 11) is 0. The Morgan fingerprint density at radius 1 is 1.41 bits per heavy atom. The summed E-state index contributed by atoms with van der Waals surface area (Å²) >= 11 is 7.96. The van der Waals surface area contributed by atoms with Crippen molar-refractivity contribution in [3.63, 3.8) is 0 Å². The van der Waals surface area contributed by atoms with Crippen LogP contribution in [0.1, 0.15) is 10.4 Å². The molecule has 1 aromatic carbocycles. The van der Waals surface area contributed by atoms with Crippen molar-refractivity contribution in [3.05, 3.63) is 56.5 Å². The van der Waals surface area contributed by atoms with E-state index in [1.54, 1.807) is 6.07 Å². The predicted octanol–water partition coefficient (Wildman–Crippen LogP) is 3.27. The summed E-state index contributed by atoms with van der Waals surface area (Å²) in [6, 6.07) is 4.38. The van der Waals surface area contributed by atoms with Gasteiger partial charge >= 0.3 is 0 Å². The lowest BCUT2D eigenvalue weighted by Gasteiger charge is -2.11. The first-order valence-corrected chi connectivity index (χ1v) is 8.97. The molecule has 3 rings (SSSR count). The Hall–Kier alpha value is -2.02. The summed E-state index contributed by atoms with van der Waals surface area (Å²) in [5.74, 6) is -2.53. The van der Waals surface area contributed by atoms with Crippen molar-refractivity contribution < 1.29 is 23.5 Å². The predicted molar refractivity (Wildman–Crippen MR) is 103 cm³/mol. The maximum Gasteiger partial charge on any atom is 0.281 e. The summed E-state index contributed by atoms with van der Waals surface area (Å²) in [6.07, 6.45) is 2.46. The van der Waals surface area contributed by atoms with E-state index in [4.69, 9.17) is 21.5 Å². The van der Waals surface area contributed by atoms with Crippen LogP contribution in [0.4, 0.5) is 20.3 Å². The Kier molecular flexibility index (Phi) is 6.09. The van der Waals surface area contributed by atoms with Crippen molar-refractivity contribution in [1.82, 2.24) is 14.9 Å². The number of hydroxylamine groups is 1. The molecule has 0 saturated carbocycles. The molecule has 1 amide bonds. The molecule has 11 heteroatoms. The molecular weight excluding hydrogens is 497 g/mol. The van der Waals surface area contributed by atoms with Crippen LogP contribution in [0.3, 0.4) is 0 Å². The molecule has 2 heterocycles. The molecule has 0 bridgehead atoms. The third kappa shape index (κ3) is 3.98. The number of aliphatic hydroxyl groups is 1. The highest BCUT2D eigenvalue weighted by molar-refractivity contribution is 14.1. The van der Waals surface area contributed by atoms with Crippen molar-refractivity contribution in [2.75, 3.05) is 18.5 Å². The number of aromatic nitrogens is 2. The number of nitrogens with one attached hydrogen (secondary N) is 2. The summed E-state index contributed by atoms with van der Waals surface area (Å²) in [5, 5.41) is 11.4. The lowest BCUT2D eigenvalue weighted by molar-refractivity contribution is 0.0166. The Morgan fingerprint density at radius 3 is 2.89 bits per heavy atom. The number of anilines is 2. The SMILES string of the molecule is O=C(NOCCO)c1c(F)c2c(Cl)cncn2c1Nc1ccc(I)cc1F. The molecule has 7 nitrogen and oxygen atoms in total. The molecular formula is C16H12ClF2IN4O3. The summed E-state index contributed by atoms with van der Waals surface area (Å²) in [5.41, 5.74) is 1.50. The van der Waals surface area contributed by atoms with Crippen LogP contribution in [0.25, 0.3) is 5.52 Å². The fourth-order valence-corrected chi connectivity index (χ4v) is 3.07. The van der Waals surface area contributed by atoms with Gasteiger partial charge in [-0.15, -0.1) is 0 Å². The van der Waals surface area contributed by atoms with E-state index in [1.165, 1.54) is 29.1 Å². The van der Waals surface area contributed by atoms with Gasteiger partial charge in [-0.2, -0.15) is 0 Å². The smallest absolute Gasteiger partial charge is 0.281 e. The molecule has 0 spiro atoms. The highest BCUT2D eigenvalue weighted by Gasteiger charge is 2.27. The minimum Gasteiger partial charge on any atom is -0.394 e. The van der Waals surface area contributed by atoms with Gasteiger partial charge in [0, 0.05) is 9.77 Å². The van der Waals surface area contributed by atoms with Crippen molar-refractivity contribution >= 4 is 57.1 Å². The number of amides is 1. The van der Waals surface area contributed by atoms with Gasteiger partial charge in [-0.1, -0.05) is 11.6 Å². The molecule has 0 fully saturated rings. The molecule has 0 unspecified atom stereocenters. The van der Waals surface area contributed by atoms with E-state index in [0.29, 0.717) is 3.57 Å². The number of hydrogen-bond donors (Lipinski definition) is 3. The van der Waals surface area contributed by atoms with Crippen molar-refractivity contribution in [3.8, 4) is 0 Å². The number of benzene rings is 1. The number of aliphatic hydroxyl groups excluding tert-OH is 1. The van der Waals surface area contributed by atoms with Gasteiger partial charge < -0.3 is 10.4 Å². The number of halogens is 4. The molecule has 27 heavy (non-hydrogen) atoms. The molecule has 3 N–H and O–H groups in total. The second-order valence-corrected chi connectivity index (χ2v) is 6.90. The zero-order valence-corrected chi connectivity index (χ0v) is 16.4. The summed E-state index contributed by atoms with van der Waals surface area (Å²) < 4.78 is 31.1. The van der Waals surface area contributed by atoms with E-state index in [2.05, 4.69) is 10.3 Å². The molecule has 2 aromatic heterocycles. The van der Waals surface area contributed by atoms with Crippen LogP contribution >= 0.6 is 34.2 Å². The summed E-state index contributed by atoms with van der Waals surface area (Å²) in [4.78, 5) is 21.0. The number of carbonyl (C=O) groups is 1. The molecule has 0 saturated heterocycles. The van der Waals surface area contributed by atoms with Crippen LogP contribution in [-0.2, 0) is 4.84 Å². The van der Waals surface area contributed by atoms with Crippen molar-refractivity contribution in [1.29, 1.82) is 0 Å². The van der Waals surface area contributed by atoms with E-state index in [0.717, 1.165) is 0 Å². The standard InChI is InChI=1S/C16H12ClF2IN4O3/c17-9-6-21-7-24-14(9)13(19)12(16(26)23-27-4-3-25)15(24)22-11-2-1-8(20)5-10(11)18/h1-2,5-7,22,25H,3-4H2,(H,23,26). The molecule has 3 aromatic rings. The minimum absolute atomic E-state index is 0.0279. The second kappa shape index (κ2) is 8.33. The van der Waals surface area contributed by atoms with Gasteiger partial charge in [0.05, 0.1) is 23.9 Å². The third-order valence-electron chi connectivity index (χ3n) is 3.51. The Bertz CT molecular complexity index is 1010. The van der Waals surface area contributed by atoms with Crippen LogP contribution in [0.15, 0.2) is 30.7 Å². The molecule has 0 atom stereocenters. The highest BCUT2D eigenvalue weighted by atomic mass is 127. The molecule has 0 aliphatic heterocycles. The Labute approximate surface area is 170 Å². The quantitative estimate of drug-likeness (QED) is 0.270. The average Bonchev–Trinajstić information content (AvgIpc) is 2.91. The zero-order valence-electron chi connectivity index (χ0n) is 13.5. The monoisotopic (exact) mass is 508 g/mol. The number of nitrogens with zero attached hydrogens (tertiary/aromatic N) is 2. The van der Waals surface area contributed by atoms with E-state index in [1.807, 2.05) is 28.1 Å². The summed E-state index contributed by atoms with van der Waals surface area (Å²) in [6.45, 7) is -0.521. The number of rotatable bonds is 6. The van der Waals surface area contributed by atoms with Crippen LogP contribution in [0.2, 0.25) is 5.02 Å². The average molecular weight is 509 g/mol. The Balaban J connectivity index is 2.12. The number of hydrogen-bond acceptors (Lipinski definition) is 5. The van der Waals surface area contributed by atoms with Crippen molar-refractivity contribution in [2.45, 2.75) is 0 Å². The second-order valence-electron chi connectivity index (χ2n) is 5.25. The highest BCUT2D eigenvalue weighted by Crippen LogP contribution is 2.33. The van der Waals surface area contributed by atoms with Gasteiger partial charge in [0.25, 0.3) is 5.91 Å². The zero-order chi connectivity index (χ0) is 19.6. The van der Waals surface area contributed by atoms with Gasteiger partial charge in [-0.05, 0) is 40.8 Å². The third-order valence-corrected chi connectivity index (χ3v) is 4.46. The van der Waals surface area contributed by atoms with Gasteiger partial charge in [0.15, 0.2) is 5.82 Å². The van der Waals surface area contributed by atoms with Gasteiger partial charge in [0.2, 0.25) is 0 Å². The van der Waals surface area contributed by atoms with E-state index < -0.39 is 23.1 Å². The van der Waals surface area contributed by atoms with Crippen LogP contribution in [-0.4, -0.2) is 33.6 Å². The first-order chi connectivity index (χ1) is 12.9. The molecule has 0 radical (unpaired) electrons. The fraction of sp³-hybridized carbons (Fsp3) is 0.125. The number of fused-ring (bicyclic) bond motifs is 1. The van der Waals surface area contributed by atoms with E-state index >= 15 is 0 Å². The first-order valence-electron chi connectivity index (χ1n) is 7.52. The van der Waals surface area contributed by atoms with E-state index in [9.17, 15) is 13.6 Å². The topological polar surface area (TPSA) is 87.9 Å². The normalized spacial score (nSPS) is 11.0.